The molecule has 0 N–H and O–H groups in total. The van der Waals surface area contributed by atoms with Crippen molar-refractivity contribution in [2.75, 3.05) is 0 Å². The van der Waals surface area contributed by atoms with Crippen LogP contribution in [0.5, 0.6) is 0 Å². The Bertz CT molecular complexity index is 184. The van der Waals surface area contributed by atoms with Gasteiger partial charge in [-0.3, -0.25) is 4.99 Å². The van der Waals surface area contributed by atoms with E-state index in [4.69, 9.17) is 0 Å². The maximum Gasteiger partial charge on any atom is 0.120 e. The van der Waals surface area contributed by atoms with Crippen LogP contribution < -0.4 is 0 Å². The highest BCUT2D eigenvalue weighted by molar-refractivity contribution is 5.94. The van der Waals surface area contributed by atoms with Gasteiger partial charge in [-0.25, -0.2) is 4.99 Å². The zero-order valence-electron chi connectivity index (χ0n) is 9.76. The van der Waals surface area contributed by atoms with E-state index in [-0.39, 0.29) is 0 Å². The van der Waals surface area contributed by atoms with Crippen LogP contribution >= 0.6 is 0 Å². The van der Waals surface area contributed by atoms with Gasteiger partial charge in [-0.1, -0.05) is 6.08 Å². The number of nitrogens with zero attached hydrogens (tertiary/aromatic N) is 2. The molecule has 0 aliphatic heterocycles. The normalized spacial score (nSPS) is 10.2. The number of aliphatic imine (C=N–C) groups is 2. The van der Waals surface area contributed by atoms with E-state index in [1.165, 1.54) is 0 Å². The van der Waals surface area contributed by atoms with Crippen molar-refractivity contribution >= 4 is 11.5 Å². The summed E-state index contributed by atoms with van der Waals surface area (Å²) in [6, 6.07) is 0.350. The number of hydrogen-bond donors (Lipinski definition) is 0. The smallest absolute Gasteiger partial charge is 0.120 e. The molecule has 0 aromatic carbocycles. The number of rotatable bonds is 1. The molecule has 0 bridgehead atoms. The molecule has 0 saturated carbocycles. The monoisotopic (exact) mass is 182 g/mol. The fourth-order valence-corrected chi connectivity index (χ4v) is 0.726. The third-order valence-corrected chi connectivity index (χ3v) is 0.830. The predicted molar refractivity (Wildman–Crippen MR) is 62.9 cm³/mol. The maximum atomic E-state index is 4.25. The summed E-state index contributed by atoms with van der Waals surface area (Å²) in [7, 11) is 0. The summed E-state index contributed by atoms with van der Waals surface area (Å²) in [5, 5.41) is 0. The lowest BCUT2D eigenvalue weighted by atomic mass is 10.4. The molecule has 0 unspecified atom stereocenters. The summed E-state index contributed by atoms with van der Waals surface area (Å²) in [4.78, 5) is 8.43. The van der Waals surface area contributed by atoms with Gasteiger partial charge in [0.15, 0.2) is 0 Å². The fourth-order valence-electron chi connectivity index (χ4n) is 0.726. The van der Waals surface area contributed by atoms with E-state index in [0.717, 1.165) is 11.5 Å². The molecular formula is C11H22N2. The molecule has 0 radical (unpaired) electrons. The van der Waals surface area contributed by atoms with Crippen LogP contribution in [0.25, 0.3) is 0 Å². The lowest BCUT2D eigenvalue weighted by Gasteiger charge is -1.97. The zero-order chi connectivity index (χ0) is 10.9. The molecule has 0 rings (SSSR count). The van der Waals surface area contributed by atoms with Crippen molar-refractivity contribution in [1.29, 1.82) is 0 Å². The standard InChI is InChI=1S/C8H16N2.C3H6/c1-6(2)9-8(5)10-7(3)4;1-3-2/h6H,1-5H3;3H,1H2,2H3. The summed E-state index contributed by atoms with van der Waals surface area (Å²) in [6.07, 6.45) is 1.75. The number of amidine groups is 1. The zero-order valence-corrected chi connectivity index (χ0v) is 9.76. The summed E-state index contributed by atoms with van der Waals surface area (Å²) >= 11 is 0. The Labute approximate surface area is 82.5 Å². The second-order valence-electron chi connectivity index (χ2n) is 3.24. The van der Waals surface area contributed by atoms with Crippen LogP contribution in [-0.4, -0.2) is 17.6 Å². The molecular weight excluding hydrogens is 160 g/mol. The minimum atomic E-state index is 0.350. The first-order valence-electron chi connectivity index (χ1n) is 4.57. The van der Waals surface area contributed by atoms with Crippen molar-refractivity contribution in [1.82, 2.24) is 0 Å². The second-order valence-corrected chi connectivity index (χ2v) is 3.24. The van der Waals surface area contributed by atoms with Crippen molar-refractivity contribution in [3.05, 3.63) is 12.7 Å². The highest BCUT2D eigenvalue weighted by Gasteiger charge is 1.88. The fraction of sp³-hybridized carbons (Fsp3) is 0.636. The van der Waals surface area contributed by atoms with Gasteiger partial charge in [0.1, 0.15) is 5.84 Å². The van der Waals surface area contributed by atoms with E-state index >= 15 is 0 Å². The van der Waals surface area contributed by atoms with Crippen molar-refractivity contribution < 1.29 is 0 Å². The molecule has 76 valence electrons. The minimum absolute atomic E-state index is 0.350. The molecule has 0 heterocycles. The summed E-state index contributed by atoms with van der Waals surface area (Å²) < 4.78 is 0. The first kappa shape index (κ1) is 14.6. The second kappa shape index (κ2) is 9.17. The van der Waals surface area contributed by atoms with E-state index in [1.54, 1.807) is 6.08 Å². The Balaban J connectivity index is 0. The topological polar surface area (TPSA) is 24.7 Å². The molecule has 2 nitrogen and oxygen atoms in total. The Morgan fingerprint density at radius 3 is 1.85 bits per heavy atom. The van der Waals surface area contributed by atoms with Crippen molar-refractivity contribution in [3.8, 4) is 0 Å². The molecule has 0 aliphatic rings. The first-order chi connectivity index (χ1) is 5.93. The van der Waals surface area contributed by atoms with Gasteiger partial charge in [0.2, 0.25) is 0 Å². The van der Waals surface area contributed by atoms with Crippen LogP contribution in [0.4, 0.5) is 0 Å². The quantitative estimate of drug-likeness (QED) is 0.337. The van der Waals surface area contributed by atoms with Gasteiger partial charge in [0, 0.05) is 11.8 Å². The molecule has 0 aliphatic carbocycles. The largest absolute Gasteiger partial charge is 0.268 e. The molecule has 0 fully saturated rings. The Hall–Kier alpha value is -0.920. The van der Waals surface area contributed by atoms with Gasteiger partial charge < -0.3 is 0 Å². The Morgan fingerprint density at radius 1 is 1.23 bits per heavy atom. The first-order valence-corrected chi connectivity index (χ1v) is 4.57. The maximum absolute atomic E-state index is 4.25. The van der Waals surface area contributed by atoms with Crippen LogP contribution in [0.15, 0.2) is 22.6 Å². The third-order valence-electron chi connectivity index (χ3n) is 0.830. The molecule has 0 aromatic heterocycles. The number of hydrogen-bond acceptors (Lipinski definition) is 1. The van der Waals surface area contributed by atoms with Gasteiger partial charge in [0.25, 0.3) is 0 Å². The van der Waals surface area contributed by atoms with Gasteiger partial charge in [-0.2, -0.15) is 0 Å². The Kier molecular flexibility index (Phi) is 10.3. The minimum Gasteiger partial charge on any atom is -0.268 e. The molecule has 0 amide bonds. The number of allylic oxidation sites excluding steroid dienone is 1. The molecule has 2 heteroatoms. The van der Waals surface area contributed by atoms with Crippen LogP contribution in [0.1, 0.15) is 41.5 Å². The van der Waals surface area contributed by atoms with Crippen molar-refractivity contribution in [2.24, 2.45) is 9.98 Å². The average Bonchev–Trinajstić information content (AvgIpc) is 1.83. The van der Waals surface area contributed by atoms with Crippen LogP contribution in [-0.2, 0) is 0 Å². The van der Waals surface area contributed by atoms with Gasteiger partial charge in [-0.15, -0.1) is 6.58 Å². The van der Waals surface area contributed by atoms with E-state index in [0.29, 0.717) is 6.04 Å². The van der Waals surface area contributed by atoms with E-state index in [1.807, 2.05) is 41.5 Å². The van der Waals surface area contributed by atoms with Crippen LogP contribution in [0.3, 0.4) is 0 Å². The van der Waals surface area contributed by atoms with E-state index in [9.17, 15) is 0 Å². The van der Waals surface area contributed by atoms with Gasteiger partial charge >= 0.3 is 0 Å². The van der Waals surface area contributed by atoms with Crippen molar-refractivity contribution in [2.45, 2.75) is 47.6 Å². The molecule has 13 heavy (non-hydrogen) atoms. The SMILES string of the molecule is C=CC.CC(C)=NC(C)=NC(C)C. The predicted octanol–water partition coefficient (Wildman–Crippen LogP) is 3.49. The van der Waals surface area contributed by atoms with Crippen LogP contribution in [0.2, 0.25) is 0 Å². The van der Waals surface area contributed by atoms with Crippen LogP contribution in [0, 0.1) is 0 Å². The third kappa shape index (κ3) is 18.2. The summed E-state index contributed by atoms with van der Waals surface area (Å²) in [5.41, 5.74) is 1.06. The molecule has 0 aromatic rings. The lowest BCUT2D eigenvalue weighted by Crippen LogP contribution is -1.97. The van der Waals surface area contributed by atoms with E-state index in [2.05, 4.69) is 16.6 Å². The van der Waals surface area contributed by atoms with Gasteiger partial charge in [0.05, 0.1) is 0 Å². The average molecular weight is 182 g/mol. The highest BCUT2D eigenvalue weighted by Crippen LogP contribution is 1.89. The molecule has 0 atom stereocenters. The molecule has 0 spiro atoms. The lowest BCUT2D eigenvalue weighted by molar-refractivity contribution is 0.833. The molecule has 0 saturated heterocycles. The highest BCUT2D eigenvalue weighted by atomic mass is 14.9. The summed E-state index contributed by atoms with van der Waals surface area (Å²) in [6.45, 7) is 15.2. The van der Waals surface area contributed by atoms with Gasteiger partial charge in [-0.05, 0) is 41.5 Å². The summed E-state index contributed by atoms with van der Waals surface area (Å²) in [5.74, 6) is 0.870. The van der Waals surface area contributed by atoms with Crippen molar-refractivity contribution in [3.63, 3.8) is 0 Å². The van der Waals surface area contributed by atoms with E-state index < -0.39 is 0 Å². The Morgan fingerprint density at radius 2 is 1.62 bits per heavy atom.